The Morgan fingerprint density at radius 1 is 1.31 bits per heavy atom. The number of rotatable bonds is 7. The monoisotopic (exact) mass is 378 g/mol. The molecule has 2 rings (SSSR count). The molecule has 3 N–H and O–H groups in total. The van der Waals surface area contributed by atoms with Crippen LogP contribution in [0.1, 0.15) is 29.5 Å². The van der Waals surface area contributed by atoms with Gasteiger partial charge in [-0.2, -0.15) is 0 Å². The summed E-state index contributed by atoms with van der Waals surface area (Å²) in [5.74, 6) is 0.544. The van der Waals surface area contributed by atoms with Crippen molar-refractivity contribution in [1.29, 1.82) is 0 Å². The topological polar surface area (TPSA) is 117 Å². The molecule has 0 spiro atoms. The average molecular weight is 378 g/mol. The zero-order valence-corrected chi connectivity index (χ0v) is 16.0. The van der Waals surface area contributed by atoms with E-state index in [2.05, 4.69) is 20.8 Å². The van der Waals surface area contributed by atoms with Gasteiger partial charge in [0.1, 0.15) is 5.76 Å². The molecule has 0 aliphatic carbocycles. The first-order valence-electron chi connectivity index (χ1n) is 8.08. The Kier molecular flexibility index (Phi) is 6.62. The van der Waals surface area contributed by atoms with Crippen molar-refractivity contribution in [3.8, 4) is 0 Å². The van der Waals surface area contributed by atoms with E-state index in [-0.39, 0.29) is 29.7 Å². The molecule has 140 valence electrons. The van der Waals surface area contributed by atoms with E-state index >= 15 is 0 Å². The maximum atomic E-state index is 12.0. The third-order valence-electron chi connectivity index (χ3n) is 3.67. The van der Waals surface area contributed by atoms with E-state index in [1.807, 2.05) is 13.0 Å². The fourth-order valence-electron chi connectivity index (χ4n) is 2.27. The Balaban J connectivity index is 1.79. The van der Waals surface area contributed by atoms with Crippen molar-refractivity contribution in [3.05, 3.63) is 45.1 Å². The van der Waals surface area contributed by atoms with E-state index in [1.54, 1.807) is 26.8 Å². The van der Waals surface area contributed by atoms with Crippen molar-refractivity contribution >= 4 is 29.4 Å². The largest absolute Gasteiger partial charge is 0.360 e. The summed E-state index contributed by atoms with van der Waals surface area (Å²) in [7, 11) is 0. The Morgan fingerprint density at radius 3 is 2.65 bits per heavy atom. The van der Waals surface area contributed by atoms with Gasteiger partial charge in [0.15, 0.2) is 5.82 Å². The molecular weight excluding hydrogens is 356 g/mol. The van der Waals surface area contributed by atoms with Crippen LogP contribution in [-0.4, -0.2) is 33.0 Å². The Hall–Kier alpha value is -2.55. The van der Waals surface area contributed by atoms with Crippen molar-refractivity contribution < 1.29 is 14.1 Å². The minimum absolute atomic E-state index is 0.106. The zero-order chi connectivity index (χ0) is 19.3. The van der Waals surface area contributed by atoms with E-state index < -0.39 is 5.25 Å². The quantitative estimate of drug-likeness (QED) is 0.675. The maximum Gasteiger partial charge on any atom is 0.253 e. The lowest BCUT2D eigenvalue weighted by Crippen LogP contribution is -2.30. The first-order chi connectivity index (χ1) is 12.3. The molecule has 0 aromatic carbocycles. The van der Waals surface area contributed by atoms with Gasteiger partial charge in [-0.05, 0) is 39.3 Å². The first-order valence-corrected chi connectivity index (χ1v) is 9.13. The smallest absolute Gasteiger partial charge is 0.253 e. The van der Waals surface area contributed by atoms with Crippen LogP contribution in [0.3, 0.4) is 0 Å². The summed E-state index contributed by atoms with van der Waals surface area (Å²) in [6.45, 7) is 7.22. The first kappa shape index (κ1) is 19.8. The third kappa shape index (κ3) is 5.48. The number of amides is 2. The lowest BCUT2D eigenvalue weighted by atomic mass is 10.1. The number of pyridine rings is 1. The summed E-state index contributed by atoms with van der Waals surface area (Å²) >= 11 is 1.20. The predicted octanol–water partition coefficient (Wildman–Crippen LogP) is 1.66. The minimum atomic E-state index is -0.442. The lowest BCUT2D eigenvalue weighted by molar-refractivity contribution is -0.118. The van der Waals surface area contributed by atoms with Gasteiger partial charge in [0.2, 0.25) is 11.8 Å². The molecule has 0 saturated carbocycles. The molecule has 0 saturated heterocycles. The Bertz CT molecular complexity index is 859. The van der Waals surface area contributed by atoms with E-state index in [9.17, 15) is 14.4 Å². The van der Waals surface area contributed by atoms with Crippen molar-refractivity contribution in [2.24, 2.45) is 0 Å². The van der Waals surface area contributed by atoms with Crippen molar-refractivity contribution in [3.63, 3.8) is 0 Å². The van der Waals surface area contributed by atoms with Crippen LogP contribution in [0.15, 0.2) is 21.5 Å². The van der Waals surface area contributed by atoms with Gasteiger partial charge >= 0.3 is 0 Å². The number of carbonyl (C=O) groups is 2. The van der Waals surface area contributed by atoms with E-state index in [0.717, 1.165) is 11.3 Å². The second-order valence-electron chi connectivity index (χ2n) is 5.99. The van der Waals surface area contributed by atoms with Gasteiger partial charge in [0.25, 0.3) is 5.56 Å². The van der Waals surface area contributed by atoms with E-state index in [0.29, 0.717) is 17.1 Å². The van der Waals surface area contributed by atoms with Crippen LogP contribution in [0.25, 0.3) is 0 Å². The molecule has 0 bridgehead atoms. The van der Waals surface area contributed by atoms with Gasteiger partial charge in [-0.1, -0.05) is 5.16 Å². The van der Waals surface area contributed by atoms with Gasteiger partial charge in [0, 0.05) is 23.9 Å². The summed E-state index contributed by atoms with van der Waals surface area (Å²) in [6, 6.07) is 3.47. The van der Waals surface area contributed by atoms with Crippen LogP contribution >= 0.6 is 11.8 Å². The van der Waals surface area contributed by atoms with Crippen molar-refractivity contribution in [1.82, 2.24) is 15.5 Å². The number of aryl methyl sites for hydroxylation is 3. The van der Waals surface area contributed by atoms with Crippen molar-refractivity contribution in [2.75, 3.05) is 11.1 Å². The molecule has 2 amide bonds. The molecule has 2 heterocycles. The summed E-state index contributed by atoms with van der Waals surface area (Å²) in [5, 5.41) is 8.58. The highest BCUT2D eigenvalue weighted by Crippen LogP contribution is 2.14. The highest BCUT2D eigenvalue weighted by Gasteiger charge is 2.17. The third-order valence-corrected chi connectivity index (χ3v) is 4.81. The normalized spacial score (nSPS) is 11.8. The van der Waals surface area contributed by atoms with Crippen molar-refractivity contribution in [2.45, 2.75) is 39.5 Å². The van der Waals surface area contributed by atoms with Crippen LogP contribution in [0, 0.1) is 20.8 Å². The standard InChI is InChI=1S/C17H22N4O4S/c1-9-5-10(2)19-17(24)13(9)7-18-15(22)8-26-12(4)16(23)20-14-6-11(3)25-21-14/h5-6,12H,7-8H2,1-4H3,(H,18,22)(H,19,24)(H,20,21,23)/t12-/m1/s1. The SMILES string of the molecule is Cc1cc(C)c(CNC(=O)CS[C@H](C)C(=O)Nc2cc(C)on2)c(=O)[nH]1. The number of anilines is 1. The maximum absolute atomic E-state index is 12.0. The summed E-state index contributed by atoms with van der Waals surface area (Å²) in [5.41, 5.74) is 1.93. The summed E-state index contributed by atoms with van der Waals surface area (Å²) in [6.07, 6.45) is 0. The fraction of sp³-hybridized carbons (Fsp3) is 0.412. The molecule has 2 aromatic rings. The average Bonchev–Trinajstić information content (AvgIpc) is 2.96. The summed E-state index contributed by atoms with van der Waals surface area (Å²) in [4.78, 5) is 38.7. The van der Waals surface area contributed by atoms with Crippen LogP contribution in [0.5, 0.6) is 0 Å². The van der Waals surface area contributed by atoms with E-state index in [1.165, 1.54) is 11.8 Å². The highest BCUT2D eigenvalue weighted by atomic mass is 32.2. The molecule has 2 aromatic heterocycles. The molecule has 0 aliphatic heterocycles. The van der Waals surface area contributed by atoms with Crippen LogP contribution in [0.4, 0.5) is 5.82 Å². The number of carbonyl (C=O) groups excluding carboxylic acids is 2. The molecule has 9 heteroatoms. The molecule has 0 unspecified atom stereocenters. The van der Waals surface area contributed by atoms with Gasteiger partial charge in [-0.25, -0.2) is 0 Å². The second-order valence-corrected chi connectivity index (χ2v) is 7.31. The second kappa shape index (κ2) is 8.70. The number of nitrogens with one attached hydrogen (secondary N) is 3. The van der Waals surface area contributed by atoms with Gasteiger partial charge in [-0.15, -0.1) is 11.8 Å². The molecule has 0 aliphatic rings. The van der Waals surface area contributed by atoms with E-state index in [4.69, 9.17) is 4.52 Å². The van der Waals surface area contributed by atoms with Crippen LogP contribution in [0.2, 0.25) is 0 Å². The number of aromatic nitrogens is 2. The Labute approximate surface area is 155 Å². The molecule has 1 atom stereocenters. The Morgan fingerprint density at radius 2 is 2.04 bits per heavy atom. The zero-order valence-electron chi connectivity index (χ0n) is 15.1. The lowest BCUT2D eigenvalue weighted by Gasteiger charge is -2.11. The molecular formula is C17H22N4O4S. The van der Waals surface area contributed by atoms with Gasteiger partial charge in [-0.3, -0.25) is 14.4 Å². The highest BCUT2D eigenvalue weighted by molar-refractivity contribution is 8.01. The minimum Gasteiger partial charge on any atom is -0.360 e. The number of thioether (sulfide) groups is 1. The number of nitrogens with zero attached hydrogens (tertiary/aromatic N) is 1. The number of hydrogen-bond acceptors (Lipinski definition) is 6. The van der Waals surface area contributed by atoms with Crippen LogP contribution < -0.4 is 16.2 Å². The van der Waals surface area contributed by atoms with Gasteiger partial charge < -0.3 is 20.1 Å². The predicted molar refractivity (Wildman–Crippen MR) is 100 cm³/mol. The molecule has 0 radical (unpaired) electrons. The summed E-state index contributed by atoms with van der Waals surface area (Å²) < 4.78 is 4.88. The van der Waals surface area contributed by atoms with Gasteiger partial charge in [0.05, 0.1) is 11.0 Å². The van der Waals surface area contributed by atoms with Crippen LogP contribution in [-0.2, 0) is 16.1 Å². The number of aromatic amines is 1. The fourth-order valence-corrected chi connectivity index (χ4v) is 2.98. The number of H-pyrrole nitrogens is 1. The molecule has 8 nitrogen and oxygen atoms in total. The number of hydrogen-bond donors (Lipinski definition) is 3. The molecule has 26 heavy (non-hydrogen) atoms. The molecule has 0 fully saturated rings.